The third-order valence-corrected chi connectivity index (χ3v) is 3.97. The van der Waals surface area contributed by atoms with Crippen LogP contribution in [0.25, 0.3) is 5.52 Å². The molecular formula is C15H18N4O. The van der Waals surface area contributed by atoms with Gasteiger partial charge in [0.25, 0.3) is 5.91 Å². The van der Waals surface area contributed by atoms with Crippen molar-refractivity contribution >= 4 is 17.1 Å². The number of anilines is 1. The molecule has 2 aromatic heterocycles. The van der Waals surface area contributed by atoms with Crippen molar-refractivity contribution in [1.82, 2.24) is 9.61 Å². The first kappa shape index (κ1) is 12.7. The Morgan fingerprint density at radius 1 is 1.55 bits per heavy atom. The summed E-state index contributed by atoms with van der Waals surface area (Å²) >= 11 is 0. The van der Waals surface area contributed by atoms with Crippen LogP contribution < -0.4 is 11.1 Å². The molecule has 0 saturated carbocycles. The minimum atomic E-state index is -0.465. The number of nitrogens with one attached hydrogen (secondary N) is 1. The van der Waals surface area contributed by atoms with Gasteiger partial charge in [-0.15, -0.1) is 0 Å². The molecule has 3 rings (SSSR count). The summed E-state index contributed by atoms with van der Waals surface area (Å²) in [6.45, 7) is 4.35. The Morgan fingerprint density at radius 2 is 2.35 bits per heavy atom. The number of fused-ring (bicyclic) bond motifs is 1. The SMILES string of the molecule is CC1(C)C=CCC1Nc1c(C(N)=O)cnn2cccc12. The van der Waals surface area contributed by atoms with E-state index in [1.54, 1.807) is 4.52 Å². The Balaban J connectivity index is 2.07. The number of nitrogens with zero attached hydrogens (tertiary/aromatic N) is 2. The second-order valence-corrected chi connectivity index (χ2v) is 5.79. The zero-order valence-electron chi connectivity index (χ0n) is 11.6. The number of carbonyl (C=O) groups excluding carboxylic acids is 1. The summed E-state index contributed by atoms with van der Waals surface area (Å²) in [6.07, 6.45) is 8.67. The van der Waals surface area contributed by atoms with Gasteiger partial charge in [0.05, 0.1) is 23.0 Å². The second kappa shape index (κ2) is 4.37. The van der Waals surface area contributed by atoms with Gasteiger partial charge in [-0.25, -0.2) is 4.52 Å². The van der Waals surface area contributed by atoms with E-state index in [4.69, 9.17) is 5.73 Å². The van der Waals surface area contributed by atoms with Crippen LogP contribution in [0.5, 0.6) is 0 Å². The number of primary amides is 1. The fourth-order valence-corrected chi connectivity index (χ4v) is 2.68. The lowest BCUT2D eigenvalue weighted by Gasteiger charge is -2.29. The van der Waals surface area contributed by atoms with E-state index in [-0.39, 0.29) is 11.5 Å². The topological polar surface area (TPSA) is 72.4 Å². The van der Waals surface area contributed by atoms with Gasteiger partial charge in [0.15, 0.2) is 0 Å². The Morgan fingerprint density at radius 3 is 3.00 bits per heavy atom. The maximum absolute atomic E-state index is 11.6. The highest BCUT2D eigenvalue weighted by molar-refractivity contribution is 6.01. The van der Waals surface area contributed by atoms with Crippen molar-refractivity contribution in [2.24, 2.45) is 11.1 Å². The summed E-state index contributed by atoms with van der Waals surface area (Å²) in [4.78, 5) is 11.6. The summed E-state index contributed by atoms with van der Waals surface area (Å²) in [7, 11) is 0. The molecular weight excluding hydrogens is 252 g/mol. The zero-order valence-corrected chi connectivity index (χ0v) is 11.6. The van der Waals surface area contributed by atoms with Crippen molar-refractivity contribution in [3.63, 3.8) is 0 Å². The Labute approximate surface area is 117 Å². The van der Waals surface area contributed by atoms with Gasteiger partial charge in [-0.3, -0.25) is 4.79 Å². The van der Waals surface area contributed by atoms with Crippen LogP contribution in [-0.2, 0) is 0 Å². The van der Waals surface area contributed by atoms with Crippen LogP contribution in [0.1, 0.15) is 30.6 Å². The molecule has 3 N–H and O–H groups in total. The third kappa shape index (κ3) is 1.95. The molecule has 5 nitrogen and oxygen atoms in total. The lowest BCUT2D eigenvalue weighted by Crippen LogP contribution is -2.32. The first-order chi connectivity index (χ1) is 9.49. The van der Waals surface area contributed by atoms with Gasteiger partial charge in [-0.2, -0.15) is 5.10 Å². The van der Waals surface area contributed by atoms with E-state index >= 15 is 0 Å². The zero-order chi connectivity index (χ0) is 14.3. The van der Waals surface area contributed by atoms with Gasteiger partial charge < -0.3 is 11.1 Å². The van der Waals surface area contributed by atoms with E-state index in [1.165, 1.54) is 6.20 Å². The third-order valence-electron chi connectivity index (χ3n) is 3.97. The van der Waals surface area contributed by atoms with Crippen molar-refractivity contribution in [3.8, 4) is 0 Å². The summed E-state index contributed by atoms with van der Waals surface area (Å²) in [5.41, 5.74) is 7.57. The van der Waals surface area contributed by atoms with Crippen LogP contribution in [-0.4, -0.2) is 21.6 Å². The van der Waals surface area contributed by atoms with E-state index < -0.39 is 5.91 Å². The van der Waals surface area contributed by atoms with E-state index in [0.29, 0.717) is 5.56 Å². The smallest absolute Gasteiger partial charge is 0.252 e. The predicted octanol–water partition coefficient (Wildman–Crippen LogP) is 2.20. The highest BCUT2D eigenvalue weighted by Gasteiger charge is 2.31. The van der Waals surface area contributed by atoms with E-state index in [9.17, 15) is 4.79 Å². The van der Waals surface area contributed by atoms with Gasteiger partial charge in [0.1, 0.15) is 0 Å². The van der Waals surface area contributed by atoms with Crippen LogP contribution >= 0.6 is 0 Å². The Hall–Kier alpha value is -2.30. The number of carbonyl (C=O) groups is 1. The quantitative estimate of drug-likeness (QED) is 0.840. The van der Waals surface area contributed by atoms with Crippen LogP contribution in [0, 0.1) is 5.41 Å². The van der Waals surface area contributed by atoms with Crippen molar-refractivity contribution < 1.29 is 4.79 Å². The molecule has 20 heavy (non-hydrogen) atoms. The van der Waals surface area contributed by atoms with E-state index in [0.717, 1.165) is 17.6 Å². The van der Waals surface area contributed by atoms with Crippen LogP contribution in [0.15, 0.2) is 36.7 Å². The van der Waals surface area contributed by atoms with Crippen molar-refractivity contribution in [2.45, 2.75) is 26.3 Å². The summed E-state index contributed by atoms with van der Waals surface area (Å²) < 4.78 is 1.74. The minimum absolute atomic E-state index is 0.0434. The number of hydrogen-bond acceptors (Lipinski definition) is 3. The lowest BCUT2D eigenvalue weighted by molar-refractivity contribution is 0.100. The molecule has 104 valence electrons. The number of aromatic nitrogens is 2. The molecule has 2 aromatic rings. The molecule has 2 heterocycles. The van der Waals surface area contributed by atoms with Crippen LogP contribution in [0.3, 0.4) is 0 Å². The Kier molecular flexibility index (Phi) is 2.78. The van der Waals surface area contributed by atoms with Gasteiger partial charge in [-0.1, -0.05) is 26.0 Å². The molecule has 0 radical (unpaired) electrons. The van der Waals surface area contributed by atoms with Crippen molar-refractivity contribution in [1.29, 1.82) is 0 Å². The fourth-order valence-electron chi connectivity index (χ4n) is 2.68. The molecule has 1 aliphatic carbocycles. The molecule has 0 bridgehead atoms. The minimum Gasteiger partial charge on any atom is -0.379 e. The highest BCUT2D eigenvalue weighted by Crippen LogP contribution is 2.35. The van der Waals surface area contributed by atoms with E-state index in [2.05, 4.69) is 36.4 Å². The van der Waals surface area contributed by atoms with E-state index in [1.807, 2.05) is 18.3 Å². The number of amides is 1. The van der Waals surface area contributed by atoms with Crippen molar-refractivity contribution in [2.75, 3.05) is 5.32 Å². The number of rotatable bonds is 3. The van der Waals surface area contributed by atoms with Gasteiger partial charge in [0, 0.05) is 17.7 Å². The summed E-state index contributed by atoms with van der Waals surface area (Å²) in [5, 5.41) is 7.68. The monoisotopic (exact) mass is 270 g/mol. The molecule has 0 aromatic carbocycles. The van der Waals surface area contributed by atoms with Crippen molar-refractivity contribution in [3.05, 3.63) is 42.2 Å². The number of nitrogens with two attached hydrogens (primary N) is 1. The fraction of sp³-hybridized carbons (Fsp3) is 0.333. The van der Waals surface area contributed by atoms with Gasteiger partial charge in [-0.05, 0) is 18.6 Å². The standard InChI is InChI=1S/C15H18N4O/c1-15(2)7-3-6-12(15)18-13-10(14(16)20)9-17-19-8-4-5-11(13)19/h3-5,7-9,12,18H,6H2,1-2H3,(H2,16,20). The maximum Gasteiger partial charge on any atom is 0.252 e. The number of hydrogen-bond donors (Lipinski definition) is 2. The normalized spacial score (nSPS) is 20.4. The first-order valence-electron chi connectivity index (χ1n) is 6.69. The maximum atomic E-state index is 11.6. The molecule has 0 spiro atoms. The largest absolute Gasteiger partial charge is 0.379 e. The predicted molar refractivity (Wildman–Crippen MR) is 78.7 cm³/mol. The lowest BCUT2D eigenvalue weighted by atomic mass is 9.88. The van der Waals surface area contributed by atoms with Gasteiger partial charge in [0.2, 0.25) is 0 Å². The average Bonchev–Trinajstić information content (AvgIpc) is 2.96. The van der Waals surface area contributed by atoms with Crippen LogP contribution in [0.2, 0.25) is 0 Å². The molecule has 1 amide bonds. The second-order valence-electron chi connectivity index (χ2n) is 5.79. The van der Waals surface area contributed by atoms with Gasteiger partial charge >= 0.3 is 0 Å². The molecule has 5 heteroatoms. The molecule has 0 fully saturated rings. The van der Waals surface area contributed by atoms with Crippen LogP contribution in [0.4, 0.5) is 5.69 Å². The average molecular weight is 270 g/mol. The molecule has 1 aliphatic rings. The molecule has 0 saturated heterocycles. The first-order valence-corrected chi connectivity index (χ1v) is 6.69. The summed E-state index contributed by atoms with van der Waals surface area (Å²) in [6, 6.07) is 4.06. The molecule has 1 atom stereocenters. The molecule has 1 unspecified atom stereocenters. The highest BCUT2D eigenvalue weighted by atomic mass is 16.1. The molecule has 0 aliphatic heterocycles. The summed E-state index contributed by atoms with van der Waals surface area (Å²) in [5.74, 6) is -0.465. The Bertz CT molecular complexity index is 699.